The van der Waals surface area contributed by atoms with Crippen molar-refractivity contribution in [2.75, 3.05) is 4.90 Å². The van der Waals surface area contributed by atoms with E-state index in [0.29, 0.717) is 16.5 Å². The van der Waals surface area contributed by atoms with Gasteiger partial charge in [-0.05, 0) is 37.3 Å². The average molecular weight is 439 g/mol. The zero-order chi connectivity index (χ0) is 22.3. The number of nitrogens with zero attached hydrogens (tertiary/aromatic N) is 2. The van der Waals surface area contributed by atoms with Crippen LogP contribution in [0.4, 0.5) is 11.4 Å². The van der Waals surface area contributed by atoms with E-state index >= 15 is 0 Å². The highest BCUT2D eigenvalue weighted by atomic mass is 35.5. The number of nitro groups is 1. The molecule has 0 saturated carbocycles. The number of aliphatic hydroxyl groups excluding tert-OH is 1. The molecule has 0 bridgehead atoms. The van der Waals surface area contributed by atoms with E-state index in [-0.39, 0.29) is 22.6 Å². The Hall–Kier alpha value is -3.91. The number of aliphatic hydroxyl groups is 1. The van der Waals surface area contributed by atoms with Crippen molar-refractivity contribution in [1.29, 1.82) is 0 Å². The van der Waals surface area contributed by atoms with E-state index in [0.717, 1.165) is 6.07 Å². The van der Waals surface area contributed by atoms with Gasteiger partial charge in [0, 0.05) is 28.4 Å². The number of halogens is 1. The summed E-state index contributed by atoms with van der Waals surface area (Å²) in [5, 5.41) is 22.4. The minimum Gasteiger partial charge on any atom is -0.507 e. The number of hydrogen-bond donors (Lipinski definition) is 1. The number of carbonyl (C=O) groups excluding carboxylic acids is 2. The fraction of sp³-hybridized carbons (Fsp3) is 0.0909. The highest BCUT2D eigenvalue weighted by Gasteiger charge is 2.48. The number of nitro benzene ring substituents is 1. The van der Waals surface area contributed by atoms with Gasteiger partial charge in [-0.1, -0.05) is 29.8 Å². The van der Waals surface area contributed by atoms with Crippen molar-refractivity contribution in [3.63, 3.8) is 0 Å². The van der Waals surface area contributed by atoms with Crippen LogP contribution in [0.1, 0.15) is 23.1 Å². The number of anilines is 1. The lowest BCUT2D eigenvalue weighted by atomic mass is 9.99. The molecule has 1 fully saturated rings. The van der Waals surface area contributed by atoms with Crippen LogP contribution in [0.5, 0.6) is 0 Å². The fourth-order valence-electron chi connectivity index (χ4n) is 3.52. The van der Waals surface area contributed by atoms with Crippen LogP contribution in [-0.2, 0) is 9.59 Å². The fourth-order valence-corrected chi connectivity index (χ4v) is 3.70. The van der Waals surface area contributed by atoms with Gasteiger partial charge >= 0.3 is 0 Å². The van der Waals surface area contributed by atoms with Crippen molar-refractivity contribution in [3.05, 3.63) is 98.5 Å². The maximum Gasteiger partial charge on any atom is 0.300 e. The maximum atomic E-state index is 13.0. The first-order chi connectivity index (χ1) is 14.8. The summed E-state index contributed by atoms with van der Waals surface area (Å²) >= 11 is 6.08. The summed E-state index contributed by atoms with van der Waals surface area (Å²) in [6, 6.07) is 13.7. The molecule has 1 saturated heterocycles. The van der Waals surface area contributed by atoms with Gasteiger partial charge in [-0.25, -0.2) is 0 Å². The third kappa shape index (κ3) is 3.57. The van der Waals surface area contributed by atoms with Crippen LogP contribution in [-0.4, -0.2) is 21.7 Å². The van der Waals surface area contributed by atoms with Gasteiger partial charge in [0.25, 0.3) is 17.4 Å². The van der Waals surface area contributed by atoms with Gasteiger partial charge in [0.05, 0.1) is 10.5 Å². The van der Waals surface area contributed by atoms with E-state index in [1.165, 1.54) is 29.2 Å². The summed E-state index contributed by atoms with van der Waals surface area (Å²) in [6.07, 6.45) is 0. The molecule has 1 aliphatic rings. The quantitative estimate of drug-likeness (QED) is 0.206. The molecule has 8 nitrogen and oxygen atoms in total. The molecule has 1 N–H and O–H groups in total. The summed E-state index contributed by atoms with van der Waals surface area (Å²) < 4.78 is 5.69. The summed E-state index contributed by atoms with van der Waals surface area (Å²) in [7, 11) is 0. The molecule has 1 unspecified atom stereocenters. The Balaban J connectivity index is 1.94. The van der Waals surface area contributed by atoms with Gasteiger partial charge in [-0.2, -0.15) is 0 Å². The number of aryl methyl sites for hydroxylation is 1. The topological polar surface area (TPSA) is 114 Å². The molecule has 9 heteroatoms. The molecule has 4 rings (SSSR count). The van der Waals surface area contributed by atoms with Crippen LogP contribution in [0.25, 0.3) is 5.76 Å². The third-order valence-corrected chi connectivity index (χ3v) is 5.13. The smallest absolute Gasteiger partial charge is 0.300 e. The first-order valence-electron chi connectivity index (χ1n) is 9.15. The van der Waals surface area contributed by atoms with Gasteiger partial charge in [-0.15, -0.1) is 0 Å². The highest BCUT2D eigenvalue weighted by Crippen LogP contribution is 2.43. The van der Waals surface area contributed by atoms with Crippen LogP contribution in [0.15, 0.2) is 70.7 Å². The number of benzene rings is 2. The van der Waals surface area contributed by atoms with Gasteiger partial charge < -0.3 is 9.52 Å². The molecule has 156 valence electrons. The van der Waals surface area contributed by atoms with E-state index < -0.39 is 28.4 Å². The van der Waals surface area contributed by atoms with Crippen molar-refractivity contribution in [3.8, 4) is 0 Å². The molecule has 31 heavy (non-hydrogen) atoms. The van der Waals surface area contributed by atoms with E-state index in [4.69, 9.17) is 16.0 Å². The lowest BCUT2D eigenvalue weighted by Gasteiger charge is -2.23. The molecule has 1 aliphatic heterocycles. The molecule has 2 aromatic carbocycles. The molecule has 3 aromatic rings. The Labute approximate surface area is 181 Å². The van der Waals surface area contributed by atoms with Crippen LogP contribution in [0, 0.1) is 17.0 Å². The molecule has 1 aromatic heterocycles. The number of amides is 1. The van der Waals surface area contributed by atoms with E-state index in [1.807, 2.05) is 0 Å². The summed E-state index contributed by atoms with van der Waals surface area (Å²) in [5.74, 6) is -1.56. The first kappa shape index (κ1) is 20.4. The number of rotatable bonds is 4. The Morgan fingerprint density at radius 1 is 1.13 bits per heavy atom. The summed E-state index contributed by atoms with van der Waals surface area (Å²) in [4.78, 5) is 37.6. The van der Waals surface area contributed by atoms with Crippen molar-refractivity contribution < 1.29 is 24.0 Å². The lowest BCUT2D eigenvalue weighted by molar-refractivity contribution is -0.384. The van der Waals surface area contributed by atoms with Gasteiger partial charge in [0.15, 0.2) is 0 Å². The van der Waals surface area contributed by atoms with Crippen LogP contribution in [0.2, 0.25) is 5.02 Å². The van der Waals surface area contributed by atoms with E-state index in [2.05, 4.69) is 0 Å². The number of non-ortho nitro benzene ring substituents is 1. The normalized spacial score (nSPS) is 17.9. The standard InChI is InChI=1S/C22H15ClN2O6/c1-12-8-9-17(31-12)19-18(20(26)13-4-2-7-16(10-13)25(29)30)21(27)22(28)24(19)15-6-3-5-14(23)11-15/h2-11,19,26H,1H3/b20-18-. The van der Waals surface area contributed by atoms with Crippen LogP contribution >= 0.6 is 11.6 Å². The van der Waals surface area contributed by atoms with Gasteiger partial charge in [-0.3, -0.25) is 24.6 Å². The predicted octanol–water partition coefficient (Wildman–Crippen LogP) is 4.78. The predicted molar refractivity (Wildman–Crippen MR) is 113 cm³/mol. The molecular weight excluding hydrogens is 424 g/mol. The monoisotopic (exact) mass is 438 g/mol. The van der Waals surface area contributed by atoms with Gasteiger partial charge in [0.1, 0.15) is 23.3 Å². The number of Topliss-reactive ketones (excluding diaryl/α,β-unsaturated/α-hetero) is 1. The Kier molecular flexibility index (Phi) is 5.08. The number of ketones is 1. The number of furan rings is 1. The second-order valence-corrected chi connectivity index (χ2v) is 7.34. The Bertz CT molecular complexity index is 1260. The Morgan fingerprint density at radius 2 is 1.87 bits per heavy atom. The summed E-state index contributed by atoms with van der Waals surface area (Å²) in [5.41, 5.74) is -0.128. The zero-order valence-electron chi connectivity index (χ0n) is 16.1. The second kappa shape index (κ2) is 7.73. The van der Waals surface area contributed by atoms with Gasteiger partial charge in [0.2, 0.25) is 0 Å². The van der Waals surface area contributed by atoms with Crippen molar-refractivity contribution in [1.82, 2.24) is 0 Å². The Morgan fingerprint density at radius 3 is 2.52 bits per heavy atom. The third-order valence-electron chi connectivity index (χ3n) is 4.89. The lowest BCUT2D eigenvalue weighted by Crippen LogP contribution is -2.29. The number of hydrogen-bond acceptors (Lipinski definition) is 6. The minimum atomic E-state index is -1.08. The molecule has 2 heterocycles. The largest absolute Gasteiger partial charge is 0.507 e. The average Bonchev–Trinajstić information content (AvgIpc) is 3.28. The van der Waals surface area contributed by atoms with Crippen molar-refractivity contribution in [2.24, 2.45) is 0 Å². The van der Waals surface area contributed by atoms with E-state index in [1.54, 1.807) is 37.3 Å². The van der Waals surface area contributed by atoms with Crippen molar-refractivity contribution >= 4 is 40.4 Å². The molecule has 0 spiro atoms. The molecule has 1 atom stereocenters. The first-order valence-corrected chi connectivity index (χ1v) is 9.53. The minimum absolute atomic E-state index is 0.0339. The van der Waals surface area contributed by atoms with Crippen LogP contribution < -0.4 is 4.90 Å². The van der Waals surface area contributed by atoms with Crippen LogP contribution in [0.3, 0.4) is 0 Å². The summed E-state index contributed by atoms with van der Waals surface area (Å²) in [6.45, 7) is 1.70. The van der Waals surface area contributed by atoms with E-state index in [9.17, 15) is 24.8 Å². The highest BCUT2D eigenvalue weighted by molar-refractivity contribution is 6.51. The SMILES string of the molecule is Cc1ccc(C2/C(=C(/O)c3cccc([N+](=O)[O-])c3)C(=O)C(=O)N2c2cccc(Cl)c2)o1. The molecule has 1 amide bonds. The zero-order valence-corrected chi connectivity index (χ0v) is 16.9. The molecular formula is C22H15ClN2O6. The molecule has 0 radical (unpaired) electrons. The molecule has 0 aliphatic carbocycles. The number of carbonyl (C=O) groups is 2. The maximum absolute atomic E-state index is 13.0. The second-order valence-electron chi connectivity index (χ2n) is 6.90. The van der Waals surface area contributed by atoms with Crippen molar-refractivity contribution in [2.45, 2.75) is 13.0 Å².